The molecule has 0 bridgehead atoms. The van der Waals surface area contributed by atoms with E-state index in [1.54, 1.807) is 24.3 Å². The summed E-state index contributed by atoms with van der Waals surface area (Å²) in [5.74, 6) is 0.139. The molecule has 9 heteroatoms. The van der Waals surface area contributed by atoms with E-state index in [0.717, 1.165) is 0 Å². The number of nitrogens with zero attached hydrogens (tertiary/aromatic N) is 1. The van der Waals surface area contributed by atoms with E-state index in [-0.39, 0.29) is 11.4 Å². The summed E-state index contributed by atoms with van der Waals surface area (Å²) in [7, 11) is 1.52. The number of carbonyl (C=O) groups is 2. The van der Waals surface area contributed by atoms with Crippen LogP contribution in [0.4, 0.5) is 10.5 Å². The second kappa shape index (κ2) is 7.97. The number of methoxy groups -OCH3 is 1. The SMILES string of the molecule is COc1ccc(-c2cc([N+](=O)[O-])ccc2O[C@H](C)C(=O)NC(N)=O)cc1. The van der Waals surface area contributed by atoms with Crippen LogP contribution in [0.5, 0.6) is 11.5 Å². The first-order valence-corrected chi connectivity index (χ1v) is 7.51. The van der Waals surface area contributed by atoms with E-state index in [9.17, 15) is 19.7 Å². The minimum atomic E-state index is -1.04. The van der Waals surface area contributed by atoms with Crippen LogP contribution in [0.25, 0.3) is 11.1 Å². The highest BCUT2D eigenvalue weighted by atomic mass is 16.6. The molecule has 0 spiro atoms. The maximum absolute atomic E-state index is 11.8. The summed E-state index contributed by atoms with van der Waals surface area (Å²) < 4.78 is 10.7. The predicted molar refractivity (Wildman–Crippen MR) is 92.9 cm³/mol. The molecule has 1 atom stereocenters. The van der Waals surface area contributed by atoms with Crippen molar-refractivity contribution in [2.75, 3.05) is 7.11 Å². The van der Waals surface area contributed by atoms with Gasteiger partial charge in [-0.25, -0.2) is 4.79 Å². The lowest BCUT2D eigenvalue weighted by Crippen LogP contribution is -2.42. The molecule has 0 heterocycles. The number of primary amides is 1. The predicted octanol–water partition coefficient (Wildman–Crippen LogP) is 2.23. The molecule has 0 saturated carbocycles. The molecule has 9 nitrogen and oxygen atoms in total. The Labute approximate surface area is 148 Å². The molecule has 3 amide bonds. The molecule has 0 aliphatic heterocycles. The van der Waals surface area contributed by atoms with Crippen molar-refractivity contribution in [3.63, 3.8) is 0 Å². The van der Waals surface area contributed by atoms with Gasteiger partial charge in [0.25, 0.3) is 11.6 Å². The summed E-state index contributed by atoms with van der Waals surface area (Å²) in [5, 5.41) is 13.0. The Balaban J connectivity index is 2.39. The Kier molecular flexibility index (Phi) is 5.74. The smallest absolute Gasteiger partial charge is 0.318 e. The number of amides is 3. The van der Waals surface area contributed by atoms with Crippen LogP contribution in [0.15, 0.2) is 42.5 Å². The zero-order valence-electron chi connectivity index (χ0n) is 14.1. The van der Waals surface area contributed by atoms with Gasteiger partial charge in [-0.2, -0.15) is 0 Å². The summed E-state index contributed by atoms with van der Waals surface area (Å²) >= 11 is 0. The third-order valence-corrected chi connectivity index (χ3v) is 3.49. The third kappa shape index (κ3) is 4.47. The van der Waals surface area contributed by atoms with E-state index in [1.807, 2.05) is 5.32 Å². The summed E-state index contributed by atoms with van der Waals surface area (Å²) in [4.78, 5) is 33.1. The van der Waals surface area contributed by atoms with Gasteiger partial charge in [0.2, 0.25) is 0 Å². The molecule has 0 saturated heterocycles. The van der Waals surface area contributed by atoms with Crippen LogP contribution in [-0.4, -0.2) is 30.1 Å². The van der Waals surface area contributed by atoms with Crippen LogP contribution in [0.2, 0.25) is 0 Å². The standard InChI is InChI=1S/C17H17N3O6/c1-10(16(21)19-17(18)22)26-15-8-5-12(20(23)24)9-14(15)11-3-6-13(25-2)7-4-11/h3-10H,1-2H3,(H3,18,19,21,22)/t10-/m1/s1. The molecule has 0 aliphatic rings. The summed E-state index contributed by atoms with van der Waals surface area (Å²) in [6.07, 6.45) is -1.04. The molecule has 0 fully saturated rings. The van der Waals surface area contributed by atoms with Gasteiger partial charge in [-0.15, -0.1) is 0 Å². The van der Waals surface area contributed by atoms with Crippen molar-refractivity contribution in [1.29, 1.82) is 0 Å². The van der Waals surface area contributed by atoms with Crippen LogP contribution in [-0.2, 0) is 4.79 Å². The summed E-state index contributed by atoms with van der Waals surface area (Å²) in [6.45, 7) is 1.43. The molecular formula is C17H17N3O6. The fraction of sp³-hybridized carbons (Fsp3) is 0.176. The maximum atomic E-state index is 11.8. The van der Waals surface area contributed by atoms with Crippen molar-refractivity contribution >= 4 is 17.6 Å². The first-order chi connectivity index (χ1) is 12.3. The van der Waals surface area contributed by atoms with E-state index < -0.39 is 23.0 Å². The lowest BCUT2D eigenvalue weighted by Gasteiger charge is -2.16. The second-order valence-electron chi connectivity index (χ2n) is 5.28. The van der Waals surface area contributed by atoms with Gasteiger partial charge in [0.15, 0.2) is 6.10 Å². The number of nitrogens with one attached hydrogen (secondary N) is 1. The highest BCUT2D eigenvalue weighted by molar-refractivity contribution is 5.95. The molecule has 3 N–H and O–H groups in total. The van der Waals surface area contributed by atoms with E-state index in [1.165, 1.54) is 32.2 Å². The van der Waals surface area contributed by atoms with Gasteiger partial charge in [-0.1, -0.05) is 12.1 Å². The van der Waals surface area contributed by atoms with Crippen LogP contribution in [0, 0.1) is 10.1 Å². The second-order valence-corrected chi connectivity index (χ2v) is 5.28. The van der Waals surface area contributed by atoms with Crippen molar-refractivity contribution < 1.29 is 24.0 Å². The highest BCUT2D eigenvalue weighted by Gasteiger charge is 2.20. The molecule has 0 aliphatic carbocycles. The van der Waals surface area contributed by atoms with Gasteiger partial charge in [0.05, 0.1) is 12.0 Å². The number of benzene rings is 2. The molecule has 2 rings (SSSR count). The van der Waals surface area contributed by atoms with Crippen LogP contribution in [0.3, 0.4) is 0 Å². The van der Waals surface area contributed by atoms with Gasteiger partial charge in [0.1, 0.15) is 11.5 Å². The monoisotopic (exact) mass is 359 g/mol. The Bertz CT molecular complexity index is 835. The Morgan fingerprint density at radius 1 is 1.19 bits per heavy atom. The van der Waals surface area contributed by atoms with Crippen LogP contribution < -0.4 is 20.5 Å². The highest BCUT2D eigenvalue weighted by Crippen LogP contribution is 2.34. The van der Waals surface area contributed by atoms with Crippen molar-refractivity contribution in [2.45, 2.75) is 13.0 Å². The van der Waals surface area contributed by atoms with E-state index >= 15 is 0 Å². The van der Waals surface area contributed by atoms with Gasteiger partial charge in [0, 0.05) is 17.7 Å². The normalized spacial score (nSPS) is 11.3. The number of non-ortho nitro benzene ring substituents is 1. The zero-order valence-corrected chi connectivity index (χ0v) is 14.1. The number of hydrogen-bond donors (Lipinski definition) is 2. The molecule has 2 aromatic rings. The molecule has 0 aromatic heterocycles. The van der Waals surface area contributed by atoms with E-state index in [2.05, 4.69) is 0 Å². The van der Waals surface area contributed by atoms with Crippen molar-refractivity contribution in [3.8, 4) is 22.6 Å². The summed E-state index contributed by atoms with van der Waals surface area (Å²) in [6, 6.07) is 9.81. The third-order valence-electron chi connectivity index (χ3n) is 3.49. The van der Waals surface area contributed by atoms with Crippen molar-refractivity contribution in [2.24, 2.45) is 5.73 Å². The Hall–Kier alpha value is -3.62. The van der Waals surface area contributed by atoms with Crippen LogP contribution >= 0.6 is 0 Å². The number of urea groups is 1. The first kappa shape index (κ1) is 18.7. The average Bonchev–Trinajstić information content (AvgIpc) is 2.61. The van der Waals surface area contributed by atoms with Gasteiger partial charge >= 0.3 is 6.03 Å². The van der Waals surface area contributed by atoms with Crippen molar-refractivity contribution in [1.82, 2.24) is 5.32 Å². The number of nitro groups is 1. The lowest BCUT2D eigenvalue weighted by molar-refractivity contribution is -0.384. The summed E-state index contributed by atoms with van der Waals surface area (Å²) in [5.41, 5.74) is 5.83. The number of rotatable bonds is 6. The topological polar surface area (TPSA) is 134 Å². The number of nitro benzene ring substituents is 1. The number of nitrogens with two attached hydrogens (primary N) is 1. The molecule has 136 valence electrons. The first-order valence-electron chi connectivity index (χ1n) is 7.51. The van der Waals surface area contributed by atoms with Gasteiger partial charge in [-0.05, 0) is 30.7 Å². The van der Waals surface area contributed by atoms with E-state index in [0.29, 0.717) is 16.9 Å². The molecular weight excluding hydrogens is 342 g/mol. The van der Waals surface area contributed by atoms with Crippen LogP contribution in [0.1, 0.15) is 6.92 Å². The lowest BCUT2D eigenvalue weighted by atomic mass is 10.0. The quantitative estimate of drug-likeness (QED) is 0.600. The maximum Gasteiger partial charge on any atom is 0.318 e. The fourth-order valence-electron chi connectivity index (χ4n) is 2.20. The number of carbonyl (C=O) groups excluding carboxylic acids is 2. The molecule has 26 heavy (non-hydrogen) atoms. The molecule has 2 aromatic carbocycles. The Morgan fingerprint density at radius 3 is 2.38 bits per heavy atom. The Morgan fingerprint density at radius 2 is 1.85 bits per heavy atom. The van der Waals surface area contributed by atoms with Crippen molar-refractivity contribution in [3.05, 3.63) is 52.6 Å². The number of hydrogen-bond acceptors (Lipinski definition) is 6. The fourth-order valence-corrected chi connectivity index (χ4v) is 2.20. The van der Waals surface area contributed by atoms with Gasteiger partial charge < -0.3 is 15.2 Å². The number of imide groups is 1. The number of ether oxygens (including phenoxy) is 2. The average molecular weight is 359 g/mol. The minimum absolute atomic E-state index is 0.127. The largest absolute Gasteiger partial charge is 0.497 e. The van der Waals surface area contributed by atoms with Gasteiger partial charge in [-0.3, -0.25) is 20.2 Å². The van der Waals surface area contributed by atoms with E-state index in [4.69, 9.17) is 15.2 Å². The zero-order chi connectivity index (χ0) is 19.3. The minimum Gasteiger partial charge on any atom is -0.497 e. The molecule has 0 unspecified atom stereocenters. The molecule has 0 radical (unpaired) electrons.